The van der Waals surface area contributed by atoms with Gasteiger partial charge in [0.15, 0.2) is 23.3 Å². The van der Waals surface area contributed by atoms with Crippen molar-refractivity contribution in [1.82, 2.24) is 0 Å². The van der Waals surface area contributed by atoms with Gasteiger partial charge in [0.25, 0.3) is 0 Å². The smallest absolute Gasteiger partial charge is 0.326 e. The van der Waals surface area contributed by atoms with E-state index in [2.05, 4.69) is 5.32 Å². The lowest BCUT2D eigenvalue weighted by atomic mass is 9.88. The zero-order chi connectivity index (χ0) is 25.0. The van der Waals surface area contributed by atoms with Crippen LogP contribution in [0.3, 0.4) is 0 Å². The van der Waals surface area contributed by atoms with Crippen molar-refractivity contribution >= 4 is 35.0 Å². The van der Waals surface area contributed by atoms with E-state index in [4.69, 9.17) is 0 Å². The summed E-state index contributed by atoms with van der Waals surface area (Å²) in [6, 6.07) is 6.41. The highest BCUT2D eigenvalue weighted by Crippen LogP contribution is 2.38. The molecule has 0 aromatic heterocycles. The molecule has 0 radical (unpaired) electrons. The second-order valence-electron chi connectivity index (χ2n) is 7.69. The maximum Gasteiger partial charge on any atom is 0.422 e. The minimum absolute atomic E-state index is 0.0786. The van der Waals surface area contributed by atoms with Gasteiger partial charge in [-0.15, -0.1) is 11.8 Å². The van der Waals surface area contributed by atoms with Gasteiger partial charge in [0, 0.05) is 16.5 Å². The average Bonchev–Trinajstić information content (AvgIpc) is 2.79. The van der Waals surface area contributed by atoms with Gasteiger partial charge < -0.3 is 10.6 Å². The number of hydrogen-bond donors (Lipinski definition) is 2. The summed E-state index contributed by atoms with van der Waals surface area (Å²) < 4.78 is 93.2. The first-order chi connectivity index (χ1) is 16.0. The first-order valence-corrected chi connectivity index (χ1v) is 11.2. The molecule has 2 amide bonds. The van der Waals surface area contributed by atoms with Crippen LogP contribution in [0.4, 0.5) is 42.1 Å². The molecule has 0 aliphatic heterocycles. The van der Waals surface area contributed by atoms with Crippen LogP contribution in [0.25, 0.3) is 0 Å². The van der Waals surface area contributed by atoms with E-state index in [-0.39, 0.29) is 11.8 Å². The molecular formula is C22H19F7N2O2S. The Hall–Kier alpha value is -2.76. The fourth-order valence-corrected chi connectivity index (χ4v) is 4.34. The summed E-state index contributed by atoms with van der Waals surface area (Å²) >= 11 is 0.876. The fourth-order valence-electron chi connectivity index (χ4n) is 3.59. The average molecular weight is 508 g/mol. The fraction of sp³-hybridized carbons (Fsp3) is 0.364. The van der Waals surface area contributed by atoms with Crippen LogP contribution in [0.15, 0.2) is 29.2 Å². The lowest BCUT2D eigenvalue weighted by Gasteiger charge is -2.20. The van der Waals surface area contributed by atoms with Crippen molar-refractivity contribution in [1.29, 1.82) is 0 Å². The van der Waals surface area contributed by atoms with E-state index in [1.165, 1.54) is 0 Å². The number of alkyl halides is 3. The standard InChI is InChI=1S/C22H19F7N2O2S/c23-16-15(22(27,28)29)17(24)19(26)20(18(16)25)31-14(32)10-34-13-8-4-7-12(9-13)30-21(33)11-5-2-1-3-6-11/h4,7-9,11H,1-3,5-6,10H2,(H,30,33)(H,31,32). The van der Waals surface area contributed by atoms with Gasteiger partial charge in [0.2, 0.25) is 11.8 Å². The molecule has 2 aromatic rings. The van der Waals surface area contributed by atoms with Gasteiger partial charge in [-0.3, -0.25) is 9.59 Å². The Morgan fingerprint density at radius 1 is 0.912 bits per heavy atom. The SMILES string of the molecule is O=C(CSc1cccc(NC(=O)C2CCCCC2)c1)Nc1c(F)c(F)c(C(F)(F)F)c(F)c1F. The van der Waals surface area contributed by atoms with E-state index < -0.39 is 52.4 Å². The number of carbonyl (C=O) groups excluding carboxylic acids is 2. The minimum atomic E-state index is -5.67. The summed E-state index contributed by atoms with van der Waals surface area (Å²) in [5.41, 5.74) is -3.89. The Morgan fingerprint density at radius 3 is 2.12 bits per heavy atom. The first-order valence-electron chi connectivity index (χ1n) is 10.3. The van der Waals surface area contributed by atoms with Crippen molar-refractivity contribution in [3.63, 3.8) is 0 Å². The molecule has 0 unspecified atom stereocenters. The molecule has 2 N–H and O–H groups in total. The molecule has 0 bridgehead atoms. The highest BCUT2D eigenvalue weighted by Gasteiger charge is 2.42. The number of carbonyl (C=O) groups is 2. The molecule has 1 fully saturated rings. The number of benzene rings is 2. The molecule has 34 heavy (non-hydrogen) atoms. The van der Waals surface area contributed by atoms with Gasteiger partial charge in [0.05, 0.1) is 5.75 Å². The number of amides is 2. The van der Waals surface area contributed by atoms with Crippen LogP contribution < -0.4 is 10.6 Å². The Morgan fingerprint density at radius 2 is 1.53 bits per heavy atom. The van der Waals surface area contributed by atoms with E-state index in [0.29, 0.717) is 10.6 Å². The molecular weight excluding hydrogens is 489 g/mol. The van der Waals surface area contributed by atoms with Gasteiger partial charge in [-0.2, -0.15) is 13.2 Å². The molecule has 1 aliphatic rings. The third-order valence-electron chi connectivity index (χ3n) is 5.26. The molecule has 4 nitrogen and oxygen atoms in total. The van der Waals surface area contributed by atoms with E-state index >= 15 is 0 Å². The molecule has 0 atom stereocenters. The van der Waals surface area contributed by atoms with Crippen LogP contribution in [-0.2, 0) is 15.8 Å². The summed E-state index contributed by atoms with van der Waals surface area (Å²) in [6.45, 7) is 0. The highest BCUT2D eigenvalue weighted by atomic mass is 32.2. The van der Waals surface area contributed by atoms with Crippen LogP contribution in [0.5, 0.6) is 0 Å². The molecule has 0 saturated heterocycles. The number of thioether (sulfide) groups is 1. The second-order valence-corrected chi connectivity index (χ2v) is 8.74. The number of halogens is 7. The highest BCUT2D eigenvalue weighted by molar-refractivity contribution is 8.00. The lowest BCUT2D eigenvalue weighted by Crippen LogP contribution is -2.24. The van der Waals surface area contributed by atoms with E-state index in [9.17, 15) is 40.3 Å². The number of nitrogens with one attached hydrogen (secondary N) is 2. The van der Waals surface area contributed by atoms with Crippen molar-refractivity contribution < 1.29 is 40.3 Å². The lowest BCUT2D eigenvalue weighted by molar-refractivity contribution is -0.143. The Balaban J connectivity index is 1.65. The summed E-state index contributed by atoms with van der Waals surface area (Å²) in [6.07, 6.45) is -1.01. The van der Waals surface area contributed by atoms with Gasteiger partial charge in [-0.1, -0.05) is 25.3 Å². The van der Waals surface area contributed by atoms with Gasteiger partial charge in [-0.25, -0.2) is 17.6 Å². The van der Waals surface area contributed by atoms with Crippen LogP contribution in [0.1, 0.15) is 37.7 Å². The summed E-state index contributed by atoms with van der Waals surface area (Å²) in [5, 5.41) is 4.37. The van der Waals surface area contributed by atoms with Gasteiger partial charge >= 0.3 is 6.18 Å². The van der Waals surface area contributed by atoms with Crippen LogP contribution >= 0.6 is 11.8 Å². The molecule has 2 aromatic carbocycles. The van der Waals surface area contributed by atoms with Crippen molar-refractivity contribution in [2.75, 3.05) is 16.4 Å². The zero-order valence-corrected chi connectivity index (χ0v) is 18.3. The maximum absolute atomic E-state index is 13.9. The number of anilines is 2. The summed E-state index contributed by atoms with van der Waals surface area (Å²) in [5.74, 6) is -11.8. The molecule has 12 heteroatoms. The molecule has 3 rings (SSSR count). The minimum Gasteiger partial charge on any atom is -0.326 e. The molecule has 1 saturated carbocycles. The quantitative estimate of drug-likeness (QED) is 0.266. The molecule has 0 spiro atoms. The first kappa shape index (κ1) is 25.9. The van der Waals surface area contributed by atoms with Crippen molar-refractivity contribution in [3.05, 3.63) is 53.1 Å². The third-order valence-corrected chi connectivity index (χ3v) is 6.25. The number of hydrogen-bond acceptors (Lipinski definition) is 3. The van der Waals surface area contributed by atoms with Crippen LogP contribution in [-0.4, -0.2) is 17.6 Å². The molecule has 1 aliphatic carbocycles. The van der Waals surface area contributed by atoms with E-state index in [0.717, 1.165) is 43.9 Å². The monoisotopic (exact) mass is 508 g/mol. The Labute approximate surface area is 194 Å². The van der Waals surface area contributed by atoms with E-state index in [1.54, 1.807) is 29.6 Å². The maximum atomic E-state index is 13.9. The molecule has 184 valence electrons. The van der Waals surface area contributed by atoms with Gasteiger partial charge in [0.1, 0.15) is 11.3 Å². The van der Waals surface area contributed by atoms with Crippen molar-refractivity contribution in [2.24, 2.45) is 5.92 Å². The van der Waals surface area contributed by atoms with Crippen LogP contribution in [0, 0.1) is 29.2 Å². The van der Waals surface area contributed by atoms with Crippen molar-refractivity contribution in [3.8, 4) is 0 Å². The summed E-state index contributed by atoms with van der Waals surface area (Å²) in [7, 11) is 0. The Bertz CT molecular complexity index is 1060. The molecule has 0 heterocycles. The van der Waals surface area contributed by atoms with Gasteiger partial charge in [-0.05, 0) is 31.0 Å². The Kier molecular flexibility index (Phi) is 8.11. The summed E-state index contributed by atoms with van der Waals surface area (Å²) in [4.78, 5) is 24.9. The number of rotatable bonds is 6. The van der Waals surface area contributed by atoms with Crippen molar-refractivity contribution in [2.45, 2.75) is 43.2 Å². The van der Waals surface area contributed by atoms with E-state index in [1.807, 2.05) is 0 Å². The largest absolute Gasteiger partial charge is 0.422 e. The predicted octanol–water partition coefficient (Wildman–Crippen LogP) is 6.51. The predicted molar refractivity (Wildman–Crippen MR) is 112 cm³/mol. The second kappa shape index (κ2) is 10.7. The topological polar surface area (TPSA) is 58.2 Å². The zero-order valence-electron chi connectivity index (χ0n) is 17.5. The third kappa shape index (κ3) is 6.02. The van der Waals surface area contributed by atoms with Crippen LogP contribution in [0.2, 0.25) is 0 Å². The normalized spacial score (nSPS) is 14.7.